The molecule has 1 rings (SSSR count). The lowest BCUT2D eigenvalue weighted by Gasteiger charge is -2.24. The van der Waals surface area contributed by atoms with Gasteiger partial charge in [-0.25, -0.2) is 0 Å². The first-order chi connectivity index (χ1) is 4.79. The van der Waals surface area contributed by atoms with Crippen LogP contribution in [0.3, 0.4) is 0 Å². The molecule has 0 spiro atoms. The van der Waals surface area contributed by atoms with Crippen molar-refractivity contribution in [3.05, 3.63) is 0 Å². The maximum atomic E-state index is 9.00. The van der Waals surface area contributed by atoms with E-state index in [9.17, 15) is 0 Å². The molecule has 0 saturated carbocycles. The number of ether oxygens (including phenoxy) is 1. The number of aliphatic hydroxyl groups is 1. The van der Waals surface area contributed by atoms with Gasteiger partial charge in [-0.1, -0.05) is 0 Å². The van der Waals surface area contributed by atoms with Crippen molar-refractivity contribution in [2.24, 2.45) is 0 Å². The molecule has 1 aliphatic rings. The SMILES string of the molecule is CC(O)C[C@@H]1CNCCO1. The molecule has 3 heteroatoms. The molecule has 0 radical (unpaired) electrons. The van der Waals surface area contributed by atoms with E-state index in [1.54, 1.807) is 6.92 Å². The molecule has 0 aromatic heterocycles. The zero-order valence-electron chi connectivity index (χ0n) is 6.34. The van der Waals surface area contributed by atoms with Crippen LogP contribution in [0.4, 0.5) is 0 Å². The van der Waals surface area contributed by atoms with Gasteiger partial charge < -0.3 is 15.2 Å². The van der Waals surface area contributed by atoms with Crippen molar-refractivity contribution < 1.29 is 9.84 Å². The van der Waals surface area contributed by atoms with E-state index < -0.39 is 0 Å². The molecule has 0 bridgehead atoms. The van der Waals surface area contributed by atoms with Crippen LogP contribution in [0.5, 0.6) is 0 Å². The van der Waals surface area contributed by atoms with Crippen molar-refractivity contribution in [2.75, 3.05) is 19.7 Å². The van der Waals surface area contributed by atoms with Crippen LogP contribution < -0.4 is 5.32 Å². The highest BCUT2D eigenvalue weighted by Crippen LogP contribution is 2.03. The molecule has 2 N–H and O–H groups in total. The monoisotopic (exact) mass is 145 g/mol. The van der Waals surface area contributed by atoms with Gasteiger partial charge in [-0.05, 0) is 6.92 Å². The molecule has 10 heavy (non-hydrogen) atoms. The summed E-state index contributed by atoms with van der Waals surface area (Å²) in [6.45, 7) is 4.39. The number of hydrogen-bond donors (Lipinski definition) is 2. The average Bonchev–Trinajstić information content (AvgIpc) is 1.88. The number of morpholine rings is 1. The Morgan fingerprint density at radius 1 is 1.80 bits per heavy atom. The molecule has 0 amide bonds. The zero-order chi connectivity index (χ0) is 7.40. The summed E-state index contributed by atoms with van der Waals surface area (Å²) in [4.78, 5) is 0. The second-order valence-electron chi connectivity index (χ2n) is 2.78. The summed E-state index contributed by atoms with van der Waals surface area (Å²) in [6.07, 6.45) is 0.714. The number of aliphatic hydroxyl groups excluding tert-OH is 1. The molecule has 1 aliphatic heterocycles. The smallest absolute Gasteiger partial charge is 0.0724 e. The van der Waals surface area contributed by atoms with E-state index in [4.69, 9.17) is 9.84 Å². The van der Waals surface area contributed by atoms with Crippen LogP contribution in [-0.2, 0) is 4.74 Å². The summed E-state index contributed by atoms with van der Waals surface area (Å²) in [5, 5.41) is 12.2. The van der Waals surface area contributed by atoms with E-state index >= 15 is 0 Å². The van der Waals surface area contributed by atoms with E-state index in [0.717, 1.165) is 26.1 Å². The minimum Gasteiger partial charge on any atom is -0.393 e. The number of nitrogens with one attached hydrogen (secondary N) is 1. The predicted octanol–water partition coefficient (Wildman–Crippen LogP) is -0.254. The quantitative estimate of drug-likeness (QED) is 0.563. The van der Waals surface area contributed by atoms with Gasteiger partial charge in [0.15, 0.2) is 0 Å². The van der Waals surface area contributed by atoms with Crippen molar-refractivity contribution in [3.8, 4) is 0 Å². The Balaban J connectivity index is 2.13. The molecule has 60 valence electrons. The molecule has 1 unspecified atom stereocenters. The van der Waals surface area contributed by atoms with Crippen LogP contribution in [0.15, 0.2) is 0 Å². The predicted molar refractivity (Wildman–Crippen MR) is 38.9 cm³/mol. The first-order valence-corrected chi connectivity index (χ1v) is 3.79. The average molecular weight is 145 g/mol. The van der Waals surface area contributed by atoms with Crippen LogP contribution in [0.1, 0.15) is 13.3 Å². The first kappa shape index (κ1) is 7.98. The van der Waals surface area contributed by atoms with Crippen LogP contribution in [0.2, 0.25) is 0 Å². The summed E-state index contributed by atoms with van der Waals surface area (Å²) < 4.78 is 5.37. The third-order valence-corrected chi connectivity index (χ3v) is 1.61. The highest BCUT2D eigenvalue weighted by Gasteiger charge is 2.14. The van der Waals surface area contributed by atoms with E-state index in [0.29, 0.717) is 0 Å². The van der Waals surface area contributed by atoms with Crippen molar-refractivity contribution in [1.82, 2.24) is 5.32 Å². The second-order valence-corrected chi connectivity index (χ2v) is 2.78. The fourth-order valence-corrected chi connectivity index (χ4v) is 1.15. The topological polar surface area (TPSA) is 41.5 Å². The third-order valence-electron chi connectivity index (χ3n) is 1.61. The van der Waals surface area contributed by atoms with Crippen LogP contribution in [0, 0.1) is 0 Å². The Morgan fingerprint density at radius 3 is 3.10 bits per heavy atom. The summed E-state index contributed by atoms with van der Waals surface area (Å²) in [7, 11) is 0. The maximum Gasteiger partial charge on any atom is 0.0724 e. The van der Waals surface area contributed by atoms with Gasteiger partial charge in [0, 0.05) is 19.5 Å². The number of rotatable bonds is 2. The molecule has 3 nitrogen and oxygen atoms in total. The van der Waals surface area contributed by atoms with E-state index in [2.05, 4.69) is 5.32 Å². The van der Waals surface area contributed by atoms with Gasteiger partial charge in [0.25, 0.3) is 0 Å². The van der Waals surface area contributed by atoms with Crippen LogP contribution >= 0.6 is 0 Å². The molecular formula is C7H15NO2. The fourth-order valence-electron chi connectivity index (χ4n) is 1.15. The lowest BCUT2D eigenvalue weighted by Crippen LogP contribution is -2.39. The summed E-state index contributed by atoms with van der Waals surface area (Å²) in [6, 6.07) is 0. The van der Waals surface area contributed by atoms with E-state index in [1.807, 2.05) is 0 Å². The Bertz CT molecular complexity index is 89.6. The standard InChI is InChI=1S/C7H15NO2/c1-6(9)4-7-5-8-2-3-10-7/h6-9H,2-5H2,1H3/t6?,7-/m1/s1. The molecule has 0 aliphatic carbocycles. The van der Waals surface area contributed by atoms with Gasteiger partial charge in [-0.2, -0.15) is 0 Å². The lowest BCUT2D eigenvalue weighted by atomic mass is 10.1. The third kappa shape index (κ3) is 2.64. The van der Waals surface area contributed by atoms with Crippen molar-refractivity contribution in [2.45, 2.75) is 25.6 Å². The maximum absolute atomic E-state index is 9.00. The molecule has 2 atom stereocenters. The minimum absolute atomic E-state index is 0.216. The Morgan fingerprint density at radius 2 is 2.60 bits per heavy atom. The van der Waals surface area contributed by atoms with Crippen molar-refractivity contribution in [3.63, 3.8) is 0 Å². The van der Waals surface area contributed by atoms with Gasteiger partial charge in [0.1, 0.15) is 0 Å². The largest absolute Gasteiger partial charge is 0.393 e. The molecule has 0 aromatic rings. The Hall–Kier alpha value is -0.120. The van der Waals surface area contributed by atoms with Gasteiger partial charge >= 0.3 is 0 Å². The normalized spacial score (nSPS) is 30.0. The summed E-state index contributed by atoms with van der Waals surface area (Å²) in [5.74, 6) is 0. The number of hydrogen-bond acceptors (Lipinski definition) is 3. The van der Waals surface area contributed by atoms with Gasteiger partial charge in [0.05, 0.1) is 18.8 Å². The van der Waals surface area contributed by atoms with Crippen LogP contribution in [0.25, 0.3) is 0 Å². The summed E-state index contributed by atoms with van der Waals surface area (Å²) >= 11 is 0. The second kappa shape index (κ2) is 3.91. The molecule has 1 heterocycles. The van der Waals surface area contributed by atoms with Gasteiger partial charge in [-0.15, -0.1) is 0 Å². The molecule has 0 aromatic carbocycles. The zero-order valence-corrected chi connectivity index (χ0v) is 6.34. The fraction of sp³-hybridized carbons (Fsp3) is 1.00. The molecule has 1 saturated heterocycles. The van der Waals surface area contributed by atoms with E-state index in [-0.39, 0.29) is 12.2 Å². The minimum atomic E-state index is -0.245. The lowest BCUT2D eigenvalue weighted by molar-refractivity contribution is -0.000883. The molecular weight excluding hydrogens is 130 g/mol. The van der Waals surface area contributed by atoms with Gasteiger partial charge in [-0.3, -0.25) is 0 Å². The van der Waals surface area contributed by atoms with Crippen LogP contribution in [-0.4, -0.2) is 37.0 Å². The highest BCUT2D eigenvalue weighted by molar-refractivity contribution is 4.68. The Labute approximate surface area is 61.4 Å². The first-order valence-electron chi connectivity index (χ1n) is 3.79. The van der Waals surface area contributed by atoms with Gasteiger partial charge in [0.2, 0.25) is 0 Å². The van der Waals surface area contributed by atoms with Crippen molar-refractivity contribution >= 4 is 0 Å². The summed E-state index contributed by atoms with van der Waals surface area (Å²) in [5.41, 5.74) is 0. The van der Waals surface area contributed by atoms with Crippen molar-refractivity contribution in [1.29, 1.82) is 0 Å². The highest BCUT2D eigenvalue weighted by atomic mass is 16.5. The Kier molecular flexibility index (Phi) is 3.12. The molecule has 1 fully saturated rings. The van der Waals surface area contributed by atoms with E-state index in [1.165, 1.54) is 0 Å².